The van der Waals surface area contributed by atoms with E-state index in [4.69, 9.17) is 11.6 Å². The summed E-state index contributed by atoms with van der Waals surface area (Å²) in [5.74, 6) is -0.283. The van der Waals surface area contributed by atoms with E-state index in [1.807, 2.05) is 7.05 Å². The van der Waals surface area contributed by atoms with Crippen molar-refractivity contribution in [1.29, 1.82) is 0 Å². The average Bonchev–Trinajstić information content (AvgIpc) is 2.38. The van der Waals surface area contributed by atoms with Gasteiger partial charge < -0.3 is 5.32 Å². The molecule has 0 heterocycles. The SMILES string of the molecule is CNC(c1cc(C)c(C)cc1C)c1ccc(Cl)cc1F. The Morgan fingerprint density at radius 1 is 0.950 bits per heavy atom. The Bertz CT molecular complexity index is 637. The first-order chi connectivity index (χ1) is 9.43. The van der Waals surface area contributed by atoms with Crippen molar-refractivity contribution in [3.63, 3.8) is 0 Å². The van der Waals surface area contributed by atoms with Crippen LogP contribution < -0.4 is 5.32 Å². The molecule has 0 aliphatic carbocycles. The van der Waals surface area contributed by atoms with Crippen LogP contribution in [-0.4, -0.2) is 7.05 Å². The van der Waals surface area contributed by atoms with E-state index in [2.05, 4.69) is 38.2 Å². The summed E-state index contributed by atoms with van der Waals surface area (Å²) in [5.41, 5.74) is 5.32. The fraction of sp³-hybridized carbons (Fsp3) is 0.294. The zero-order valence-corrected chi connectivity index (χ0v) is 13.0. The molecule has 2 rings (SSSR count). The summed E-state index contributed by atoms with van der Waals surface area (Å²) in [4.78, 5) is 0. The minimum absolute atomic E-state index is 0.174. The molecule has 1 nitrogen and oxygen atoms in total. The van der Waals surface area contributed by atoms with Crippen molar-refractivity contribution in [2.24, 2.45) is 0 Å². The lowest BCUT2D eigenvalue weighted by molar-refractivity contribution is 0.575. The zero-order chi connectivity index (χ0) is 14.9. The molecule has 0 bridgehead atoms. The molecular formula is C17H19ClFN. The number of hydrogen-bond acceptors (Lipinski definition) is 1. The van der Waals surface area contributed by atoms with E-state index in [1.165, 1.54) is 17.2 Å². The lowest BCUT2D eigenvalue weighted by Gasteiger charge is -2.21. The van der Waals surface area contributed by atoms with Crippen LogP contribution in [0.5, 0.6) is 0 Å². The Balaban J connectivity index is 2.55. The molecule has 1 N–H and O–H groups in total. The van der Waals surface area contributed by atoms with E-state index in [9.17, 15) is 4.39 Å². The molecule has 0 radical (unpaired) electrons. The lowest BCUT2D eigenvalue weighted by Crippen LogP contribution is -2.20. The Hall–Kier alpha value is -1.38. The zero-order valence-electron chi connectivity index (χ0n) is 12.2. The molecule has 0 aliphatic rings. The molecule has 0 amide bonds. The Labute approximate surface area is 124 Å². The van der Waals surface area contributed by atoms with E-state index >= 15 is 0 Å². The molecule has 0 saturated heterocycles. The first-order valence-corrected chi connectivity index (χ1v) is 7.01. The van der Waals surface area contributed by atoms with Gasteiger partial charge in [0.1, 0.15) is 5.82 Å². The van der Waals surface area contributed by atoms with Crippen LogP contribution >= 0.6 is 11.6 Å². The number of rotatable bonds is 3. The Morgan fingerprint density at radius 2 is 1.60 bits per heavy atom. The fourth-order valence-corrected chi connectivity index (χ4v) is 2.67. The Morgan fingerprint density at radius 3 is 2.20 bits per heavy atom. The summed E-state index contributed by atoms with van der Waals surface area (Å²) < 4.78 is 14.2. The predicted molar refractivity (Wildman–Crippen MR) is 83.0 cm³/mol. The van der Waals surface area contributed by atoms with Crippen molar-refractivity contribution in [2.45, 2.75) is 26.8 Å². The molecule has 106 valence electrons. The van der Waals surface area contributed by atoms with E-state index < -0.39 is 0 Å². The normalized spacial score (nSPS) is 12.5. The van der Waals surface area contributed by atoms with Gasteiger partial charge in [-0.15, -0.1) is 0 Å². The van der Waals surface area contributed by atoms with Crippen molar-refractivity contribution in [3.05, 3.63) is 69.0 Å². The van der Waals surface area contributed by atoms with Crippen LogP contribution in [-0.2, 0) is 0 Å². The summed E-state index contributed by atoms with van der Waals surface area (Å²) in [6.45, 7) is 6.21. The third-order valence-corrected chi connectivity index (χ3v) is 3.99. The van der Waals surface area contributed by atoms with Crippen LogP contribution in [0.4, 0.5) is 4.39 Å². The van der Waals surface area contributed by atoms with Crippen molar-refractivity contribution in [2.75, 3.05) is 7.05 Å². The van der Waals surface area contributed by atoms with Gasteiger partial charge in [-0.3, -0.25) is 0 Å². The van der Waals surface area contributed by atoms with Gasteiger partial charge in [0, 0.05) is 10.6 Å². The summed E-state index contributed by atoms with van der Waals surface area (Å²) in [5, 5.41) is 3.61. The second-order valence-corrected chi connectivity index (χ2v) is 5.62. The first-order valence-electron chi connectivity index (χ1n) is 6.64. The highest BCUT2D eigenvalue weighted by atomic mass is 35.5. The highest BCUT2D eigenvalue weighted by molar-refractivity contribution is 6.30. The maximum Gasteiger partial charge on any atom is 0.129 e. The van der Waals surface area contributed by atoms with Crippen molar-refractivity contribution in [1.82, 2.24) is 5.32 Å². The first kappa shape index (κ1) is 15.0. The van der Waals surface area contributed by atoms with Gasteiger partial charge in [0.2, 0.25) is 0 Å². The Kier molecular flexibility index (Phi) is 4.46. The molecule has 0 spiro atoms. The predicted octanol–water partition coefficient (Wildman–Crippen LogP) is 4.71. The van der Waals surface area contributed by atoms with Crippen LogP contribution in [0.2, 0.25) is 5.02 Å². The minimum Gasteiger partial charge on any atom is -0.309 e. The van der Waals surface area contributed by atoms with E-state index in [0.29, 0.717) is 10.6 Å². The van der Waals surface area contributed by atoms with Crippen LogP contribution in [0.1, 0.15) is 33.9 Å². The van der Waals surface area contributed by atoms with Crippen molar-refractivity contribution >= 4 is 11.6 Å². The van der Waals surface area contributed by atoms with E-state index in [1.54, 1.807) is 12.1 Å². The average molecular weight is 292 g/mol. The standard InChI is InChI=1S/C17H19ClFN/c1-10-7-12(3)15(8-11(10)2)17(20-4)14-6-5-13(18)9-16(14)19/h5-9,17,20H,1-4H3. The maximum absolute atomic E-state index is 14.2. The van der Waals surface area contributed by atoms with Gasteiger partial charge in [0.25, 0.3) is 0 Å². The van der Waals surface area contributed by atoms with Gasteiger partial charge in [-0.05, 0) is 62.2 Å². The van der Waals surface area contributed by atoms with Crippen molar-refractivity contribution < 1.29 is 4.39 Å². The molecule has 0 aliphatic heterocycles. The highest BCUT2D eigenvalue weighted by Crippen LogP contribution is 2.29. The molecule has 0 saturated carbocycles. The molecule has 20 heavy (non-hydrogen) atoms. The van der Waals surface area contributed by atoms with Crippen LogP contribution in [0.3, 0.4) is 0 Å². The van der Waals surface area contributed by atoms with E-state index in [-0.39, 0.29) is 11.9 Å². The second-order valence-electron chi connectivity index (χ2n) is 5.18. The second kappa shape index (κ2) is 5.94. The summed E-state index contributed by atoms with van der Waals surface area (Å²) in [6, 6.07) is 8.92. The smallest absolute Gasteiger partial charge is 0.129 e. The van der Waals surface area contributed by atoms with Gasteiger partial charge in [-0.25, -0.2) is 4.39 Å². The third kappa shape index (κ3) is 2.87. The highest BCUT2D eigenvalue weighted by Gasteiger charge is 2.18. The van der Waals surface area contributed by atoms with Crippen LogP contribution in [0, 0.1) is 26.6 Å². The monoisotopic (exact) mass is 291 g/mol. The number of benzene rings is 2. The van der Waals surface area contributed by atoms with Gasteiger partial charge in [-0.1, -0.05) is 29.8 Å². The third-order valence-electron chi connectivity index (χ3n) is 3.76. The molecule has 3 heteroatoms. The number of aryl methyl sites for hydroxylation is 3. The quantitative estimate of drug-likeness (QED) is 0.863. The van der Waals surface area contributed by atoms with Gasteiger partial charge in [0.05, 0.1) is 6.04 Å². The number of hydrogen-bond donors (Lipinski definition) is 1. The minimum atomic E-state index is -0.283. The fourth-order valence-electron chi connectivity index (χ4n) is 2.51. The largest absolute Gasteiger partial charge is 0.309 e. The number of halogens is 2. The van der Waals surface area contributed by atoms with Gasteiger partial charge in [-0.2, -0.15) is 0 Å². The molecule has 1 unspecified atom stereocenters. The van der Waals surface area contributed by atoms with Crippen LogP contribution in [0.25, 0.3) is 0 Å². The number of nitrogens with one attached hydrogen (secondary N) is 1. The van der Waals surface area contributed by atoms with Crippen molar-refractivity contribution in [3.8, 4) is 0 Å². The molecule has 0 fully saturated rings. The topological polar surface area (TPSA) is 12.0 Å². The summed E-state index contributed by atoms with van der Waals surface area (Å²) in [7, 11) is 1.84. The summed E-state index contributed by atoms with van der Waals surface area (Å²) >= 11 is 5.83. The molecular weight excluding hydrogens is 273 g/mol. The molecule has 0 aromatic heterocycles. The van der Waals surface area contributed by atoms with E-state index in [0.717, 1.165) is 11.1 Å². The lowest BCUT2D eigenvalue weighted by atomic mass is 9.91. The maximum atomic E-state index is 14.2. The van der Waals surface area contributed by atoms with Gasteiger partial charge in [0.15, 0.2) is 0 Å². The summed E-state index contributed by atoms with van der Waals surface area (Å²) in [6.07, 6.45) is 0. The van der Waals surface area contributed by atoms with Gasteiger partial charge >= 0.3 is 0 Å². The van der Waals surface area contributed by atoms with Crippen LogP contribution in [0.15, 0.2) is 30.3 Å². The molecule has 1 atom stereocenters. The molecule has 2 aromatic carbocycles. The molecule has 2 aromatic rings.